The second-order valence-corrected chi connectivity index (χ2v) is 15.1. The molecule has 2 aliphatic heterocycles. The minimum atomic E-state index is -0.492. The highest BCUT2D eigenvalue weighted by Gasteiger charge is 2.31. The Morgan fingerprint density at radius 2 is 1.40 bits per heavy atom. The van der Waals surface area contributed by atoms with E-state index in [2.05, 4.69) is 26.2 Å². The normalized spacial score (nSPS) is 16.3. The Morgan fingerprint density at radius 1 is 0.889 bits per heavy atom. The van der Waals surface area contributed by atoms with Crippen LogP contribution in [0.3, 0.4) is 0 Å². The first-order chi connectivity index (χ1) is 20.3. The molecule has 0 saturated carbocycles. The van der Waals surface area contributed by atoms with Gasteiger partial charge in [0.2, 0.25) is 0 Å². The lowest BCUT2D eigenvalue weighted by Gasteiger charge is -2.36. The van der Waals surface area contributed by atoms with Gasteiger partial charge in [-0.2, -0.15) is 0 Å². The van der Waals surface area contributed by atoms with Gasteiger partial charge in [0.25, 0.3) is 0 Å². The summed E-state index contributed by atoms with van der Waals surface area (Å²) < 4.78 is 18.2. The summed E-state index contributed by atoms with van der Waals surface area (Å²) in [5, 5.41) is 20.9. The molecular weight excluding hydrogens is 682 g/mol. The van der Waals surface area contributed by atoms with E-state index in [0.717, 1.165) is 38.2 Å². The summed E-state index contributed by atoms with van der Waals surface area (Å²) in [6.07, 6.45) is 1.28. The fourth-order valence-corrected chi connectivity index (χ4v) is 7.19. The van der Waals surface area contributed by atoms with E-state index >= 15 is 0 Å². The van der Waals surface area contributed by atoms with Crippen LogP contribution in [0.5, 0.6) is 0 Å². The molecule has 2 fully saturated rings. The number of hydrogen-bond donors (Lipinski definition) is 1. The molecule has 3 aromatic heterocycles. The molecule has 45 heavy (non-hydrogen) atoms. The van der Waals surface area contributed by atoms with Gasteiger partial charge in [-0.15, -0.1) is 22.7 Å². The van der Waals surface area contributed by atoms with Gasteiger partial charge >= 0.3 is 12.2 Å². The number of piperidine rings is 1. The third kappa shape index (κ3) is 10.3. The number of aromatic nitrogens is 1. The highest BCUT2D eigenvalue weighted by Crippen LogP contribution is 2.35. The Hall–Kier alpha value is -2.84. The Morgan fingerprint density at radius 3 is 1.89 bits per heavy atom. The molecule has 0 radical (unpaired) electrons. The molecule has 0 unspecified atom stereocenters. The SMILES string of the molecule is C.C.CC(C)(C)OC(=O)N1CCC(c2noc3ccsc23)CC1.CC(C)(C)OC(=O)N1CCN(/C(=N\O)c2sccc2Br)CC1. The Balaban J connectivity index is 0.000000300. The third-order valence-corrected chi connectivity index (χ3v) is 9.54. The molecule has 252 valence electrons. The molecule has 2 amide bonds. The zero-order valence-electron chi connectivity index (χ0n) is 25.5. The zero-order valence-corrected chi connectivity index (χ0v) is 28.7. The van der Waals surface area contributed by atoms with Crippen molar-refractivity contribution in [2.45, 2.75) is 86.4 Å². The van der Waals surface area contributed by atoms with E-state index in [1.165, 1.54) is 11.3 Å². The Kier molecular flexibility index (Phi) is 13.7. The molecule has 5 rings (SSSR count). The highest BCUT2D eigenvalue weighted by molar-refractivity contribution is 9.10. The number of fused-ring (bicyclic) bond motifs is 1. The van der Waals surface area contributed by atoms with Crippen LogP contribution in [0.25, 0.3) is 10.3 Å². The number of likely N-dealkylation sites (tertiary alicyclic amines) is 1. The van der Waals surface area contributed by atoms with Crippen LogP contribution in [0.1, 0.15) is 85.7 Å². The van der Waals surface area contributed by atoms with Crippen molar-refractivity contribution in [1.82, 2.24) is 19.9 Å². The van der Waals surface area contributed by atoms with Gasteiger partial charge in [0, 0.05) is 49.7 Å². The van der Waals surface area contributed by atoms with E-state index in [4.69, 9.17) is 14.0 Å². The number of oxime groups is 1. The first kappa shape index (κ1) is 38.3. The number of piperazine rings is 1. The summed E-state index contributed by atoms with van der Waals surface area (Å²) in [5.74, 6) is 0.898. The molecule has 5 heterocycles. The van der Waals surface area contributed by atoms with Gasteiger partial charge in [0.05, 0.1) is 9.58 Å². The van der Waals surface area contributed by atoms with Crippen molar-refractivity contribution in [3.63, 3.8) is 0 Å². The molecule has 0 aliphatic carbocycles. The fourth-order valence-electron chi connectivity index (χ4n) is 4.75. The van der Waals surface area contributed by atoms with Gasteiger partial charge in [-0.05, 0) is 93.2 Å². The number of nitrogens with zero attached hydrogens (tertiary/aromatic N) is 5. The number of hydrogen-bond acceptors (Lipinski definition) is 10. The average Bonchev–Trinajstić information content (AvgIpc) is 3.66. The van der Waals surface area contributed by atoms with E-state index in [9.17, 15) is 14.8 Å². The lowest BCUT2D eigenvalue weighted by atomic mass is 9.94. The zero-order chi connectivity index (χ0) is 31.4. The summed E-state index contributed by atoms with van der Waals surface area (Å²) in [6.45, 7) is 14.9. The van der Waals surface area contributed by atoms with Crippen LogP contribution in [-0.4, -0.2) is 93.6 Å². The molecule has 2 saturated heterocycles. The number of amides is 2. The van der Waals surface area contributed by atoms with Crippen molar-refractivity contribution in [2.75, 3.05) is 39.3 Å². The van der Waals surface area contributed by atoms with E-state index in [1.54, 1.807) is 21.1 Å². The first-order valence-corrected chi connectivity index (χ1v) is 16.8. The molecule has 14 heteroatoms. The van der Waals surface area contributed by atoms with E-state index < -0.39 is 11.2 Å². The summed E-state index contributed by atoms with van der Waals surface area (Å²) >= 11 is 6.62. The number of ether oxygens (including phenoxy) is 2. The van der Waals surface area contributed by atoms with Crippen LogP contribution < -0.4 is 0 Å². The average molecular weight is 731 g/mol. The van der Waals surface area contributed by atoms with Crippen molar-refractivity contribution in [3.05, 3.63) is 37.9 Å². The van der Waals surface area contributed by atoms with Crippen molar-refractivity contribution in [2.24, 2.45) is 5.16 Å². The van der Waals surface area contributed by atoms with Gasteiger partial charge in [0.1, 0.15) is 16.9 Å². The van der Waals surface area contributed by atoms with E-state index in [-0.39, 0.29) is 27.0 Å². The molecule has 0 spiro atoms. The van der Waals surface area contributed by atoms with E-state index in [0.29, 0.717) is 51.0 Å². The summed E-state index contributed by atoms with van der Waals surface area (Å²) in [7, 11) is 0. The predicted octanol–water partition coefficient (Wildman–Crippen LogP) is 8.48. The number of rotatable bonds is 2. The minimum absolute atomic E-state index is 0. The Labute approximate surface area is 283 Å². The van der Waals surface area contributed by atoms with Crippen LogP contribution in [0, 0.1) is 0 Å². The number of halogens is 1. The maximum Gasteiger partial charge on any atom is 0.410 e. The maximum atomic E-state index is 12.0. The standard InChI is InChI=1S/C15H20N2O3S.C14H20BrN3O3S.2CH4/c1-15(2,3)19-14(18)17-7-4-10(5-8-17)12-13-11(20-16-12)6-9-21-13;1-14(2,3)21-13(19)18-7-5-17(6-8-18)12(16-20)11-10(15)4-9-22-11;;/h6,9-10H,4-5,7-8H2,1-3H3;4,9,20H,5-8H2,1-3H3;2*1H4/b;16-12-;;. The smallest absolute Gasteiger partial charge is 0.410 e. The van der Waals surface area contributed by atoms with Crippen LogP contribution in [-0.2, 0) is 9.47 Å². The molecular formula is C31H48BrN5O6S2. The molecule has 11 nitrogen and oxygen atoms in total. The monoisotopic (exact) mass is 729 g/mol. The third-order valence-electron chi connectivity index (χ3n) is 6.78. The number of carbonyl (C=O) groups excluding carboxylic acids is 2. The van der Waals surface area contributed by atoms with Crippen LogP contribution in [0.2, 0.25) is 0 Å². The van der Waals surface area contributed by atoms with Crippen molar-refractivity contribution >= 4 is 66.9 Å². The summed E-state index contributed by atoms with van der Waals surface area (Å²) in [4.78, 5) is 30.4. The van der Waals surface area contributed by atoms with Crippen molar-refractivity contribution < 1.29 is 28.8 Å². The lowest BCUT2D eigenvalue weighted by Crippen LogP contribution is -2.51. The van der Waals surface area contributed by atoms with Gasteiger partial charge in [-0.25, -0.2) is 9.59 Å². The molecule has 0 bridgehead atoms. The van der Waals surface area contributed by atoms with E-state index in [1.807, 2.05) is 69.3 Å². The highest BCUT2D eigenvalue weighted by atomic mass is 79.9. The number of thiophene rings is 2. The quantitative estimate of drug-likeness (QED) is 0.121. The van der Waals surface area contributed by atoms with Gasteiger partial charge in [-0.3, -0.25) is 0 Å². The summed E-state index contributed by atoms with van der Waals surface area (Å²) in [6, 6.07) is 3.87. The second kappa shape index (κ2) is 16.1. The number of amidine groups is 1. The molecule has 2 aliphatic rings. The Bertz CT molecular complexity index is 1410. The first-order valence-electron chi connectivity index (χ1n) is 14.2. The molecule has 0 aromatic carbocycles. The predicted molar refractivity (Wildman–Crippen MR) is 185 cm³/mol. The van der Waals surface area contributed by atoms with Crippen LogP contribution >= 0.6 is 38.6 Å². The van der Waals surface area contributed by atoms with Crippen molar-refractivity contribution in [1.29, 1.82) is 0 Å². The van der Waals surface area contributed by atoms with Crippen LogP contribution in [0.15, 0.2) is 37.0 Å². The van der Waals surface area contributed by atoms with Gasteiger partial charge < -0.3 is 33.9 Å². The van der Waals surface area contributed by atoms with Crippen LogP contribution in [0.4, 0.5) is 9.59 Å². The maximum absolute atomic E-state index is 12.0. The van der Waals surface area contributed by atoms with Crippen molar-refractivity contribution in [3.8, 4) is 0 Å². The lowest BCUT2D eigenvalue weighted by molar-refractivity contribution is 0.0181. The fraction of sp³-hybridized carbons (Fsp3) is 0.613. The molecule has 3 aromatic rings. The largest absolute Gasteiger partial charge is 0.444 e. The number of carbonyl (C=O) groups is 2. The van der Waals surface area contributed by atoms with Gasteiger partial charge in [-0.1, -0.05) is 25.2 Å². The summed E-state index contributed by atoms with van der Waals surface area (Å²) in [5.41, 5.74) is 0.977. The van der Waals surface area contributed by atoms with Gasteiger partial charge in [0.15, 0.2) is 11.4 Å². The minimum Gasteiger partial charge on any atom is -0.444 e. The molecule has 0 atom stereocenters. The topological polar surface area (TPSA) is 121 Å². The molecule has 1 N–H and O–H groups in total. The second-order valence-electron chi connectivity index (χ2n) is 12.4.